The first-order valence-electron chi connectivity index (χ1n) is 13.5. The van der Waals surface area contributed by atoms with Gasteiger partial charge in [-0.25, -0.2) is 14.7 Å². The lowest BCUT2D eigenvalue weighted by Gasteiger charge is -2.39. The van der Waals surface area contributed by atoms with Crippen molar-refractivity contribution < 1.29 is 19.1 Å². The molecular formula is C30H36N2O4S. The molecule has 2 amide bonds. The van der Waals surface area contributed by atoms with Crippen molar-refractivity contribution in [2.45, 2.75) is 90.9 Å². The fourth-order valence-electron chi connectivity index (χ4n) is 5.95. The number of amides is 2. The number of cyclic esters (lactones) is 1. The second kappa shape index (κ2) is 10.2. The quantitative estimate of drug-likeness (QED) is 0.395. The van der Waals surface area contributed by atoms with Gasteiger partial charge in [-0.15, -0.1) is 11.3 Å². The molecular weight excluding hydrogens is 484 g/mol. The SMILES string of the molecule is CC.Cc1nc2sc3c(c2c2c1[C@@H](C(=O)N1C(=O)OC[C@H]1Cc1ccccc1)OC(C)(C)C2)CCCC3. The van der Waals surface area contributed by atoms with E-state index in [0.717, 1.165) is 34.5 Å². The third kappa shape index (κ3) is 4.68. The van der Waals surface area contributed by atoms with Gasteiger partial charge in [0.1, 0.15) is 11.4 Å². The molecule has 6 nitrogen and oxygen atoms in total. The summed E-state index contributed by atoms with van der Waals surface area (Å²) in [7, 11) is 0. The van der Waals surface area contributed by atoms with Crippen LogP contribution in [0.3, 0.4) is 0 Å². The lowest BCUT2D eigenvalue weighted by atomic mass is 9.83. The molecule has 3 aromatic rings. The van der Waals surface area contributed by atoms with Crippen LogP contribution in [0.25, 0.3) is 10.2 Å². The summed E-state index contributed by atoms with van der Waals surface area (Å²) in [6.07, 6.45) is 4.36. The van der Waals surface area contributed by atoms with Gasteiger partial charge in [-0.1, -0.05) is 44.2 Å². The van der Waals surface area contributed by atoms with Gasteiger partial charge in [-0.3, -0.25) is 4.79 Å². The molecule has 4 heterocycles. The van der Waals surface area contributed by atoms with Crippen LogP contribution in [0.2, 0.25) is 0 Å². The first-order valence-corrected chi connectivity index (χ1v) is 14.3. The lowest BCUT2D eigenvalue weighted by molar-refractivity contribution is -0.156. The van der Waals surface area contributed by atoms with Crippen molar-refractivity contribution in [1.82, 2.24) is 9.88 Å². The number of pyridine rings is 1. The minimum atomic E-state index is -0.881. The molecule has 0 saturated carbocycles. The highest BCUT2D eigenvalue weighted by Gasteiger charge is 2.47. The molecule has 0 radical (unpaired) electrons. The van der Waals surface area contributed by atoms with Crippen LogP contribution in [0.1, 0.15) is 79.5 Å². The summed E-state index contributed by atoms with van der Waals surface area (Å²) in [5.41, 5.74) is 4.75. The molecule has 1 aromatic carbocycles. The number of benzene rings is 1. The highest BCUT2D eigenvalue weighted by atomic mass is 32.1. The Morgan fingerprint density at radius 1 is 1.14 bits per heavy atom. The molecule has 0 unspecified atom stereocenters. The van der Waals surface area contributed by atoms with E-state index in [-0.39, 0.29) is 18.6 Å². The third-order valence-corrected chi connectivity index (χ3v) is 8.66. The van der Waals surface area contributed by atoms with Gasteiger partial charge < -0.3 is 9.47 Å². The van der Waals surface area contributed by atoms with Gasteiger partial charge in [0.15, 0.2) is 6.10 Å². The number of carbonyl (C=O) groups excluding carboxylic acids is 2. The number of nitrogens with zero attached hydrogens (tertiary/aromatic N) is 2. The highest BCUT2D eigenvalue weighted by Crippen LogP contribution is 2.46. The van der Waals surface area contributed by atoms with E-state index in [0.29, 0.717) is 12.8 Å². The number of fused-ring (bicyclic) bond motifs is 5. The predicted octanol–water partition coefficient (Wildman–Crippen LogP) is 6.49. The molecule has 1 aliphatic carbocycles. The molecule has 7 heteroatoms. The van der Waals surface area contributed by atoms with E-state index in [2.05, 4.69) is 0 Å². The normalized spacial score (nSPS) is 22.1. The summed E-state index contributed by atoms with van der Waals surface area (Å²) in [5, 5.41) is 1.23. The number of aromatic nitrogens is 1. The van der Waals surface area contributed by atoms with Crippen molar-refractivity contribution in [1.29, 1.82) is 0 Å². The van der Waals surface area contributed by atoms with Crippen LogP contribution in [0.15, 0.2) is 30.3 Å². The van der Waals surface area contributed by atoms with Gasteiger partial charge in [0.05, 0.1) is 11.6 Å². The van der Waals surface area contributed by atoms with Gasteiger partial charge in [0.2, 0.25) is 0 Å². The highest BCUT2D eigenvalue weighted by molar-refractivity contribution is 7.18. The van der Waals surface area contributed by atoms with E-state index in [1.54, 1.807) is 11.3 Å². The average molecular weight is 521 g/mol. The number of hydrogen-bond acceptors (Lipinski definition) is 6. The van der Waals surface area contributed by atoms with Crippen LogP contribution >= 0.6 is 11.3 Å². The molecule has 0 spiro atoms. The number of aryl methyl sites for hydroxylation is 3. The van der Waals surface area contributed by atoms with E-state index in [4.69, 9.17) is 14.5 Å². The number of thiophene rings is 1. The van der Waals surface area contributed by atoms with Gasteiger partial charge >= 0.3 is 6.09 Å². The molecule has 1 fully saturated rings. The molecule has 196 valence electrons. The second-order valence-corrected chi connectivity index (χ2v) is 11.6. The predicted molar refractivity (Wildman–Crippen MR) is 146 cm³/mol. The Morgan fingerprint density at radius 3 is 2.62 bits per heavy atom. The van der Waals surface area contributed by atoms with Crippen molar-refractivity contribution in [2.75, 3.05) is 6.61 Å². The Kier molecular flexibility index (Phi) is 7.12. The Balaban J connectivity index is 0.00000137. The molecule has 2 aliphatic heterocycles. The summed E-state index contributed by atoms with van der Waals surface area (Å²) in [5.74, 6) is -0.351. The number of rotatable bonds is 3. The Bertz CT molecular complexity index is 1330. The molecule has 0 bridgehead atoms. The maximum Gasteiger partial charge on any atom is 0.417 e. The van der Waals surface area contributed by atoms with Crippen molar-refractivity contribution in [2.24, 2.45) is 0 Å². The molecule has 2 atom stereocenters. The van der Waals surface area contributed by atoms with Crippen molar-refractivity contribution in [3.05, 3.63) is 63.2 Å². The van der Waals surface area contributed by atoms with E-state index < -0.39 is 17.8 Å². The monoisotopic (exact) mass is 520 g/mol. The molecule has 3 aliphatic rings. The summed E-state index contributed by atoms with van der Waals surface area (Å²) in [6, 6.07) is 9.53. The zero-order valence-electron chi connectivity index (χ0n) is 22.4. The Morgan fingerprint density at radius 2 is 1.86 bits per heavy atom. The minimum absolute atomic E-state index is 0.191. The largest absolute Gasteiger partial charge is 0.447 e. The van der Waals surface area contributed by atoms with Crippen LogP contribution in [0.4, 0.5) is 4.79 Å². The molecule has 37 heavy (non-hydrogen) atoms. The number of carbonyl (C=O) groups is 2. The van der Waals surface area contributed by atoms with E-state index in [1.807, 2.05) is 65.0 Å². The van der Waals surface area contributed by atoms with E-state index >= 15 is 0 Å². The van der Waals surface area contributed by atoms with Crippen molar-refractivity contribution in [3.8, 4) is 0 Å². The average Bonchev–Trinajstić information content (AvgIpc) is 3.44. The zero-order chi connectivity index (χ0) is 26.3. The van der Waals surface area contributed by atoms with Gasteiger partial charge in [-0.2, -0.15) is 0 Å². The first-order chi connectivity index (χ1) is 17.8. The lowest BCUT2D eigenvalue weighted by Crippen LogP contribution is -2.47. The summed E-state index contributed by atoms with van der Waals surface area (Å²) in [4.78, 5) is 35.6. The maximum atomic E-state index is 14.1. The Labute approximate surface area is 223 Å². The standard InChI is InChI=1S/C28H30N2O4S.C2H6/c1-16-22-20(23-19-11-7-8-12-21(19)35-25(23)29-16)14-28(2,3)34-24(22)26(31)30-18(15-33-27(30)32)13-17-9-5-4-6-10-17;1-2/h4-6,9-10,18,24H,7-8,11-15H2,1-3H3;1-2H3/t18-,24+;/m1./s1. The summed E-state index contributed by atoms with van der Waals surface area (Å²) >= 11 is 1.80. The van der Waals surface area contributed by atoms with Gasteiger partial charge in [0, 0.05) is 27.9 Å². The van der Waals surface area contributed by atoms with Crippen molar-refractivity contribution in [3.63, 3.8) is 0 Å². The van der Waals surface area contributed by atoms with Crippen LogP contribution < -0.4 is 0 Å². The maximum absolute atomic E-state index is 14.1. The smallest absolute Gasteiger partial charge is 0.417 e. The molecule has 6 rings (SSSR count). The fraction of sp³-hybridized carbons (Fsp3) is 0.500. The first kappa shape index (κ1) is 25.9. The Hall–Kier alpha value is -2.77. The van der Waals surface area contributed by atoms with Crippen LogP contribution in [-0.4, -0.2) is 40.1 Å². The van der Waals surface area contributed by atoms with Crippen LogP contribution in [-0.2, 0) is 40.0 Å². The summed E-state index contributed by atoms with van der Waals surface area (Å²) < 4.78 is 11.8. The number of ether oxygens (including phenoxy) is 2. The fourth-order valence-corrected chi connectivity index (χ4v) is 7.29. The zero-order valence-corrected chi connectivity index (χ0v) is 23.2. The topological polar surface area (TPSA) is 68.7 Å². The number of hydrogen-bond donors (Lipinski definition) is 0. The van der Waals surface area contributed by atoms with Crippen LogP contribution in [0.5, 0.6) is 0 Å². The summed E-state index contributed by atoms with van der Waals surface area (Å²) in [6.45, 7) is 10.2. The number of imide groups is 1. The van der Waals surface area contributed by atoms with E-state index in [1.165, 1.54) is 39.1 Å². The second-order valence-electron chi connectivity index (χ2n) is 10.5. The van der Waals surface area contributed by atoms with Crippen LogP contribution in [0, 0.1) is 6.92 Å². The third-order valence-electron chi connectivity index (χ3n) is 7.48. The molecule has 0 N–H and O–H groups in total. The van der Waals surface area contributed by atoms with E-state index in [9.17, 15) is 9.59 Å². The molecule has 2 aromatic heterocycles. The molecule has 1 saturated heterocycles. The van der Waals surface area contributed by atoms with Gasteiger partial charge in [-0.05, 0) is 69.6 Å². The minimum Gasteiger partial charge on any atom is -0.447 e. The van der Waals surface area contributed by atoms with Crippen molar-refractivity contribution >= 4 is 33.6 Å². The van der Waals surface area contributed by atoms with Gasteiger partial charge in [0.25, 0.3) is 5.91 Å².